The van der Waals surface area contributed by atoms with Crippen molar-refractivity contribution in [2.45, 2.75) is 51.3 Å². The molecule has 3 unspecified atom stereocenters. The summed E-state index contributed by atoms with van der Waals surface area (Å²) in [7, 11) is 1.42. The lowest BCUT2D eigenvalue weighted by Crippen LogP contribution is -2.46. The summed E-state index contributed by atoms with van der Waals surface area (Å²) < 4.78 is 10.2. The van der Waals surface area contributed by atoms with Gasteiger partial charge in [-0.1, -0.05) is 6.92 Å². The van der Waals surface area contributed by atoms with Crippen LogP contribution in [-0.2, 0) is 14.3 Å². The van der Waals surface area contributed by atoms with E-state index in [9.17, 15) is 4.79 Å². The molecule has 0 aromatic carbocycles. The van der Waals surface area contributed by atoms with Crippen LogP contribution in [0.1, 0.15) is 33.1 Å². The monoisotopic (exact) mass is 215 g/mol. The molecule has 1 fully saturated rings. The lowest BCUT2D eigenvalue weighted by atomic mass is 10.0. The molecule has 0 bridgehead atoms. The maximum absolute atomic E-state index is 11.2. The van der Waals surface area contributed by atoms with Gasteiger partial charge in [-0.3, -0.25) is 4.79 Å². The molecule has 1 saturated heterocycles. The molecule has 0 amide bonds. The van der Waals surface area contributed by atoms with Crippen LogP contribution in [0.2, 0.25) is 0 Å². The highest BCUT2D eigenvalue weighted by Crippen LogP contribution is 2.16. The topological polar surface area (TPSA) is 47.6 Å². The molecule has 88 valence electrons. The molecule has 1 rings (SSSR count). The van der Waals surface area contributed by atoms with E-state index in [0.717, 1.165) is 25.9 Å². The molecule has 0 saturated carbocycles. The first-order valence-electron chi connectivity index (χ1n) is 5.62. The van der Waals surface area contributed by atoms with Crippen LogP contribution >= 0.6 is 0 Å². The van der Waals surface area contributed by atoms with E-state index in [4.69, 9.17) is 4.74 Å². The Hall–Kier alpha value is -0.610. The molecule has 0 aromatic heterocycles. The number of esters is 1. The van der Waals surface area contributed by atoms with Crippen molar-refractivity contribution < 1.29 is 14.3 Å². The Morgan fingerprint density at radius 2 is 2.40 bits per heavy atom. The molecule has 15 heavy (non-hydrogen) atoms. The molecule has 0 aromatic rings. The van der Waals surface area contributed by atoms with Crippen molar-refractivity contribution in [2.75, 3.05) is 13.7 Å². The summed E-state index contributed by atoms with van der Waals surface area (Å²) in [6.45, 7) is 4.74. The van der Waals surface area contributed by atoms with E-state index in [1.54, 1.807) is 0 Å². The summed E-state index contributed by atoms with van der Waals surface area (Å²) >= 11 is 0. The molecule has 0 radical (unpaired) electrons. The fourth-order valence-corrected chi connectivity index (χ4v) is 1.91. The fourth-order valence-electron chi connectivity index (χ4n) is 1.91. The number of hydrogen-bond acceptors (Lipinski definition) is 4. The highest BCUT2D eigenvalue weighted by atomic mass is 16.5. The van der Waals surface area contributed by atoms with Gasteiger partial charge < -0.3 is 14.8 Å². The smallest absolute Gasteiger partial charge is 0.322 e. The van der Waals surface area contributed by atoms with Gasteiger partial charge in [0.15, 0.2) is 0 Å². The van der Waals surface area contributed by atoms with Gasteiger partial charge in [-0.25, -0.2) is 0 Å². The first-order valence-corrected chi connectivity index (χ1v) is 5.62. The summed E-state index contributed by atoms with van der Waals surface area (Å²) in [5, 5.41) is 3.28. The summed E-state index contributed by atoms with van der Waals surface area (Å²) in [5.74, 6) is -0.199. The molecule has 0 aliphatic carbocycles. The molecule has 1 aliphatic heterocycles. The van der Waals surface area contributed by atoms with Crippen LogP contribution in [0, 0.1) is 0 Å². The average Bonchev–Trinajstić information content (AvgIpc) is 2.28. The second kappa shape index (κ2) is 6.08. The summed E-state index contributed by atoms with van der Waals surface area (Å²) in [5.41, 5.74) is 0. The zero-order chi connectivity index (χ0) is 11.3. The van der Waals surface area contributed by atoms with Gasteiger partial charge in [0, 0.05) is 12.6 Å². The van der Waals surface area contributed by atoms with Crippen LogP contribution in [-0.4, -0.2) is 37.9 Å². The van der Waals surface area contributed by atoms with Crippen LogP contribution in [0.4, 0.5) is 0 Å². The largest absolute Gasteiger partial charge is 0.468 e. The number of rotatable bonds is 4. The molecule has 4 nitrogen and oxygen atoms in total. The molecule has 3 atom stereocenters. The van der Waals surface area contributed by atoms with Gasteiger partial charge in [-0.05, 0) is 26.2 Å². The average molecular weight is 215 g/mol. The number of nitrogens with one attached hydrogen (secondary N) is 1. The van der Waals surface area contributed by atoms with Crippen molar-refractivity contribution in [2.24, 2.45) is 0 Å². The normalized spacial score (nSPS) is 28.5. The third kappa shape index (κ3) is 3.80. The molecule has 1 N–H and O–H groups in total. The quantitative estimate of drug-likeness (QED) is 0.713. The Balaban J connectivity index is 2.34. The van der Waals surface area contributed by atoms with Crippen LogP contribution in [0.25, 0.3) is 0 Å². The van der Waals surface area contributed by atoms with Crippen molar-refractivity contribution in [3.05, 3.63) is 0 Å². The Morgan fingerprint density at radius 3 is 3.00 bits per heavy atom. The number of methoxy groups -OCH3 is 1. The zero-order valence-corrected chi connectivity index (χ0v) is 9.79. The zero-order valence-electron chi connectivity index (χ0n) is 9.79. The second-order valence-corrected chi connectivity index (χ2v) is 4.03. The van der Waals surface area contributed by atoms with Gasteiger partial charge in [-0.2, -0.15) is 0 Å². The van der Waals surface area contributed by atoms with E-state index in [2.05, 4.69) is 17.0 Å². The van der Waals surface area contributed by atoms with E-state index < -0.39 is 0 Å². The summed E-state index contributed by atoms with van der Waals surface area (Å²) in [4.78, 5) is 11.2. The van der Waals surface area contributed by atoms with Gasteiger partial charge >= 0.3 is 5.97 Å². The van der Waals surface area contributed by atoms with Gasteiger partial charge in [-0.15, -0.1) is 0 Å². The molecule has 4 heteroatoms. The van der Waals surface area contributed by atoms with Crippen LogP contribution in [0.5, 0.6) is 0 Å². The molecular formula is C11H21NO3. The Bertz CT molecular complexity index is 208. The summed E-state index contributed by atoms with van der Waals surface area (Å²) in [6.07, 6.45) is 3.32. The minimum absolute atomic E-state index is 0.199. The van der Waals surface area contributed by atoms with Crippen LogP contribution < -0.4 is 5.32 Å². The molecule has 1 heterocycles. The third-order valence-electron chi connectivity index (χ3n) is 2.86. The van der Waals surface area contributed by atoms with Crippen molar-refractivity contribution in [1.82, 2.24) is 5.32 Å². The van der Waals surface area contributed by atoms with Crippen molar-refractivity contribution in [3.63, 3.8) is 0 Å². The highest BCUT2D eigenvalue weighted by molar-refractivity contribution is 5.75. The number of ether oxygens (including phenoxy) is 2. The van der Waals surface area contributed by atoms with E-state index >= 15 is 0 Å². The first kappa shape index (κ1) is 12.5. The molecular weight excluding hydrogens is 194 g/mol. The predicted octanol–water partition coefficient (Wildman–Crippen LogP) is 1.10. The Morgan fingerprint density at radius 1 is 1.67 bits per heavy atom. The van der Waals surface area contributed by atoms with E-state index in [0.29, 0.717) is 12.1 Å². The predicted molar refractivity (Wildman–Crippen MR) is 57.7 cm³/mol. The van der Waals surface area contributed by atoms with Gasteiger partial charge in [0.05, 0.1) is 13.2 Å². The van der Waals surface area contributed by atoms with Crippen molar-refractivity contribution >= 4 is 5.97 Å². The fraction of sp³-hybridized carbons (Fsp3) is 0.909. The lowest BCUT2D eigenvalue weighted by molar-refractivity contribution is -0.143. The van der Waals surface area contributed by atoms with E-state index in [1.807, 2.05) is 6.92 Å². The van der Waals surface area contributed by atoms with Crippen molar-refractivity contribution in [3.8, 4) is 0 Å². The van der Waals surface area contributed by atoms with Crippen LogP contribution in [0.15, 0.2) is 0 Å². The van der Waals surface area contributed by atoms with E-state index in [-0.39, 0.29) is 12.0 Å². The van der Waals surface area contributed by atoms with Gasteiger partial charge in [0.1, 0.15) is 6.04 Å². The van der Waals surface area contributed by atoms with Gasteiger partial charge in [0.2, 0.25) is 0 Å². The maximum atomic E-state index is 11.2. The summed E-state index contributed by atoms with van der Waals surface area (Å²) in [6, 6.07) is 0.147. The molecule has 1 aliphatic rings. The first-order chi connectivity index (χ1) is 7.17. The highest BCUT2D eigenvalue weighted by Gasteiger charge is 2.24. The number of hydrogen-bond donors (Lipinski definition) is 1. The maximum Gasteiger partial charge on any atom is 0.322 e. The number of carbonyl (C=O) groups excluding carboxylic acids is 1. The van der Waals surface area contributed by atoms with Crippen molar-refractivity contribution in [1.29, 1.82) is 0 Å². The molecule has 0 spiro atoms. The number of carbonyl (C=O) groups is 1. The third-order valence-corrected chi connectivity index (χ3v) is 2.86. The second-order valence-electron chi connectivity index (χ2n) is 4.03. The minimum Gasteiger partial charge on any atom is -0.468 e. The minimum atomic E-state index is -0.226. The lowest BCUT2D eigenvalue weighted by Gasteiger charge is -2.31. The SMILES string of the molecule is CCC1CC(NC(C)C(=O)OC)CCO1. The van der Waals surface area contributed by atoms with E-state index in [1.165, 1.54) is 7.11 Å². The standard InChI is InChI=1S/C11H21NO3/c1-4-10-7-9(5-6-15-10)12-8(2)11(13)14-3/h8-10,12H,4-7H2,1-3H3. The van der Waals surface area contributed by atoms with Gasteiger partial charge in [0.25, 0.3) is 0 Å². The van der Waals surface area contributed by atoms with Crippen LogP contribution in [0.3, 0.4) is 0 Å². The Kier molecular flexibility index (Phi) is 5.05. The Labute approximate surface area is 91.3 Å².